The molecule has 0 spiro atoms. The van der Waals surface area contributed by atoms with Crippen LogP contribution in [0.3, 0.4) is 0 Å². The van der Waals surface area contributed by atoms with Crippen LogP contribution in [-0.4, -0.2) is 46.5 Å². The van der Waals surface area contributed by atoms with Gasteiger partial charge in [0, 0.05) is 57.0 Å². The van der Waals surface area contributed by atoms with Crippen molar-refractivity contribution in [2.45, 2.75) is 58.9 Å². The van der Waals surface area contributed by atoms with E-state index in [1.165, 1.54) is 0 Å². The van der Waals surface area contributed by atoms with E-state index in [4.69, 9.17) is 4.74 Å². The number of nitrogens with one attached hydrogen (secondary N) is 1. The van der Waals surface area contributed by atoms with E-state index in [0.29, 0.717) is 25.3 Å². The molecule has 31 heavy (non-hydrogen) atoms. The molecule has 2 aromatic rings. The number of likely N-dealkylation sites (tertiary alicyclic amines) is 1. The summed E-state index contributed by atoms with van der Waals surface area (Å²) in [5, 5.41) is 3.00. The number of hydrogen-bond donors (Lipinski definition) is 1. The molecule has 3 rings (SSSR count). The zero-order valence-corrected chi connectivity index (χ0v) is 18.9. The van der Waals surface area contributed by atoms with Gasteiger partial charge in [0.1, 0.15) is 11.6 Å². The molecule has 2 amide bonds. The average molecular weight is 427 g/mol. The Hall–Kier alpha value is -2.83. The first-order valence-electron chi connectivity index (χ1n) is 11.2. The first-order chi connectivity index (χ1) is 15.0. The highest BCUT2D eigenvalue weighted by molar-refractivity contribution is 5.91. The minimum atomic E-state index is 0.0175. The van der Waals surface area contributed by atoms with E-state index in [1.54, 1.807) is 13.3 Å². The van der Waals surface area contributed by atoms with Gasteiger partial charge in [0.05, 0.1) is 7.11 Å². The third kappa shape index (κ3) is 6.32. The van der Waals surface area contributed by atoms with Gasteiger partial charge in [0.25, 0.3) is 0 Å². The van der Waals surface area contributed by atoms with Gasteiger partial charge in [-0.2, -0.15) is 0 Å². The SMILES string of the molecule is CCc1nccn1CCC(=O)N1CCC[C@H](CCC(=O)Nc2ccc(OC)cc2C)C1. The Morgan fingerprint density at radius 3 is 2.87 bits per heavy atom. The number of amides is 2. The zero-order valence-electron chi connectivity index (χ0n) is 18.9. The standard InChI is InChI=1S/C24H34N4O3/c1-4-22-25-12-15-27(22)14-11-24(30)28-13-5-6-19(17-28)7-10-23(29)26-21-9-8-20(31-3)16-18(21)2/h8-9,12,15-16,19H,4-7,10-11,13-14,17H2,1-3H3,(H,26,29)/t19-/m1/s1. The lowest BCUT2D eigenvalue weighted by atomic mass is 9.93. The molecule has 0 saturated carbocycles. The van der Waals surface area contributed by atoms with Gasteiger partial charge in [-0.1, -0.05) is 6.92 Å². The molecule has 0 aliphatic carbocycles. The number of rotatable bonds is 9. The number of aryl methyl sites for hydroxylation is 3. The molecule has 7 nitrogen and oxygen atoms in total. The summed E-state index contributed by atoms with van der Waals surface area (Å²) in [7, 11) is 1.63. The first kappa shape index (κ1) is 22.8. The summed E-state index contributed by atoms with van der Waals surface area (Å²) in [5.41, 5.74) is 1.79. The number of aromatic nitrogens is 2. The molecule has 0 unspecified atom stereocenters. The second-order valence-corrected chi connectivity index (χ2v) is 8.26. The van der Waals surface area contributed by atoms with Gasteiger partial charge in [-0.05, 0) is 55.9 Å². The number of imidazole rings is 1. The van der Waals surface area contributed by atoms with E-state index in [9.17, 15) is 9.59 Å². The molecule has 1 atom stereocenters. The predicted molar refractivity (Wildman–Crippen MR) is 121 cm³/mol. The number of ether oxygens (including phenoxy) is 1. The molecule has 1 aromatic heterocycles. The highest BCUT2D eigenvalue weighted by atomic mass is 16.5. The topological polar surface area (TPSA) is 76.5 Å². The van der Waals surface area contributed by atoms with Crippen LogP contribution in [0.2, 0.25) is 0 Å². The summed E-state index contributed by atoms with van der Waals surface area (Å²) >= 11 is 0. The molecular weight excluding hydrogens is 392 g/mol. The number of anilines is 1. The van der Waals surface area contributed by atoms with Crippen LogP contribution in [0.1, 0.15) is 50.4 Å². The van der Waals surface area contributed by atoms with Gasteiger partial charge >= 0.3 is 0 Å². The monoisotopic (exact) mass is 426 g/mol. The Labute approximate surface area is 184 Å². The van der Waals surface area contributed by atoms with Gasteiger partial charge in [-0.3, -0.25) is 9.59 Å². The largest absolute Gasteiger partial charge is 0.497 e. The number of hydrogen-bond acceptors (Lipinski definition) is 4. The van der Waals surface area contributed by atoms with E-state index in [-0.39, 0.29) is 11.8 Å². The van der Waals surface area contributed by atoms with Crippen molar-refractivity contribution in [2.75, 3.05) is 25.5 Å². The zero-order chi connectivity index (χ0) is 22.2. The molecule has 1 saturated heterocycles. The van der Waals surface area contributed by atoms with E-state index in [0.717, 1.165) is 61.6 Å². The summed E-state index contributed by atoms with van der Waals surface area (Å²) in [6, 6.07) is 5.63. The van der Waals surface area contributed by atoms with E-state index < -0.39 is 0 Å². The molecule has 1 aliphatic heterocycles. The van der Waals surface area contributed by atoms with Crippen LogP contribution in [0.5, 0.6) is 5.75 Å². The van der Waals surface area contributed by atoms with Crippen molar-refractivity contribution >= 4 is 17.5 Å². The van der Waals surface area contributed by atoms with Crippen LogP contribution >= 0.6 is 0 Å². The molecule has 1 aliphatic rings. The third-order valence-electron chi connectivity index (χ3n) is 6.04. The minimum Gasteiger partial charge on any atom is -0.497 e. The Kier molecular flexibility index (Phi) is 8.09. The highest BCUT2D eigenvalue weighted by Crippen LogP contribution is 2.24. The Morgan fingerprint density at radius 1 is 1.29 bits per heavy atom. The maximum atomic E-state index is 12.7. The fraction of sp³-hybridized carbons (Fsp3) is 0.542. The Balaban J connectivity index is 1.44. The first-order valence-corrected chi connectivity index (χ1v) is 11.2. The quantitative estimate of drug-likeness (QED) is 0.662. The Bertz CT molecular complexity index is 893. The van der Waals surface area contributed by atoms with Crippen molar-refractivity contribution in [1.82, 2.24) is 14.5 Å². The van der Waals surface area contributed by atoms with Crippen molar-refractivity contribution in [3.63, 3.8) is 0 Å². The molecule has 2 heterocycles. The molecule has 0 bridgehead atoms. The molecule has 7 heteroatoms. The van der Waals surface area contributed by atoms with Crippen molar-refractivity contribution in [1.29, 1.82) is 0 Å². The lowest BCUT2D eigenvalue weighted by Gasteiger charge is -2.33. The maximum Gasteiger partial charge on any atom is 0.224 e. The molecular formula is C24H34N4O3. The normalized spacial score (nSPS) is 16.2. The van der Waals surface area contributed by atoms with Gasteiger partial charge in [-0.25, -0.2) is 4.98 Å². The molecule has 0 radical (unpaired) electrons. The molecule has 168 valence electrons. The van der Waals surface area contributed by atoms with E-state index in [2.05, 4.69) is 21.8 Å². The van der Waals surface area contributed by atoms with Crippen molar-refractivity contribution in [2.24, 2.45) is 5.92 Å². The van der Waals surface area contributed by atoms with Crippen molar-refractivity contribution < 1.29 is 14.3 Å². The third-order valence-corrected chi connectivity index (χ3v) is 6.04. The summed E-state index contributed by atoms with van der Waals surface area (Å²) in [4.78, 5) is 31.4. The predicted octanol–water partition coefficient (Wildman–Crippen LogP) is 3.81. The van der Waals surface area contributed by atoms with Crippen molar-refractivity contribution in [3.05, 3.63) is 42.0 Å². The second kappa shape index (κ2) is 11.0. The van der Waals surface area contributed by atoms with Crippen molar-refractivity contribution in [3.8, 4) is 5.75 Å². The van der Waals surface area contributed by atoms with E-state index >= 15 is 0 Å². The smallest absolute Gasteiger partial charge is 0.224 e. The average Bonchev–Trinajstić information content (AvgIpc) is 3.25. The number of carbonyl (C=O) groups excluding carboxylic acids is 2. The molecule has 1 fully saturated rings. The van der Waals surface area contributed by atoms with Crippen LogP contribution in [0, 0.1) is 12.8 Å². The maximum absolute atomic E-state index is 12.7. The number of methoxy groups -OCH3 is 1. The molecule has 1 N–H and O–H groups in total. The summed E-state index contributed by atoms with van der Waals surface area (Å²) in [6.45, 7) is 6.26. The minimum absolute atomic E-state index is 0.0175. The number of benzene rings is 1. The Morgan fingerprint density at radius 2 is 2.13 bits per heavy atom. The van der Waals surface area contributed by atoms with Gasteiger partial charge < -0.3 is 19.5 Å². The van der Waals surface area contributed by atoms with Gasteiger partial charge in [-0.15, -0.1) is 0 Å². The van der Waals surface area contributed by atoms with Gasteiger partial charge in [0.2, 0.25) is 11.8 Å². The highest BCUT2D eigenvalue weighted by Gasteiger charge is 2.24. The number of piperidine rings is 1. The van der Waals surface area contributed by atoms with Crippen LogP contribution in [0.25, 0.3) is 0 Å². The summed E-state index contributed by atoms with van der Waals surface area (Å²) in [6.07, 6.45) is 8.42. The number of carbonyl (C=O) groups is 2. The lowest BCUT2D eigenvalue weighted by molar-refractivity contribution is -0.133. The van der Waals surface area contributed by atoms with Crippen LogP contribution < -0.4 is 10.1 Å². The van der Waals surface area contributed by atoms with Crippen LogP contribution in [-0.2, 0) is 22.6 Å². The fourth-order valence-corrected chi connectivity index (χ4v) is 4.21. The lowest BCUT2D eigenvalue weighted by Crippen LogP contribution is -2.40. The van der Waals surface area contributed by atoms with Crippen LogP contribution in [0.4, 0.5) is 5.69 Å². The summed E-state index contributed by atoms with van der Waals surface area (Å²) in [5.74, 6) is 2.38. The van der Waals surface area contributed by atoms with E-state index in [1.807, 2.05) is 36.2 Å². The summed E-state index contributed by atoms with van der Waals surface area (Å²) < 4.78 is 7.27. The fourth-order valence-electron chi connectivity index (χ4n) is 4.21. The van der Waals surface area contributed by atoms with Gasteiger partial charge in [0.15, 0.2) is 0 Å². The number of nitrogens with zero attached hydrogens (tertiary/aromatic N) is 3. The second-order valence-electron chi connectivity index (χ2n) is 8.26. The molecule has 1 aromatic carbocycles. The van der Waals surface area contributed by atoms with Crippen LogP contribution in [0.15, 0.2) is 30.6 Å².